The number of ether oxygens (including phenoxy) is 1. The van der Waals surface area contributed by atoms with E-state index in [2.05, 4.69) is 5.32 Å². The fourth-order valence-corrected chi connectivity index (χ4v) is 4.34. The summed E-state index contributed by atoms with van der Waals surface area (Å²) in [6, 6.07) is 7.62. The van der Waals surface area contributed by atoms with E-state index in [0.29, 0.717) is 18.1 Å². The Kier molecular flexibility index (Phi) is 8.29. The van der Waals surface area contributed by atoms with E-state index in [1.54, 1.807) is 6.92 Å². The third-order valence-corrected chi connectivity index (χ3v) is 6.19. The van der Waals surface area contributed by atoms with Gasteiger partial charge in [-0.25, -0.2) is 0 Å². The molecule has 2 amide bonds. The number of rotatable bonds is 8. The Hall–Kier alpha value is -2.37. The number of ketones is 1. The maximum absolute atomic E-state index is 12.6. The van der Waals surface area contributed by atoms with E-state index in [0.717, 1.165) is 50.8 Å². The molecule has 3 rings (SSSR count). The molecule has 1 saturated heterocycles. The summed E-state index contributed by atoms with van der Waals surface area (Å²) in [5.74, 6) is 1.22. The molecule has 1 aromatic carbocycles. The van der Waals surface area contributed by atoms with Crippen LogP contribution in [0.15, 0.2) is 24.3 Å². The zero-order valence-electron chi connectivity index (χ0n) is 18.0. The first kappa shape index (κ1) is 22.3. The number of hydrogen-bond acceptors (Lipinski definition) is 4. The van der Waals surface area contributed by atoms with E-state index in [1.807, 2.05) is 29.2 Å². The number of nitrogens with zero attached hydrogens (tertiary/aromatic N) is 1. The van der Waals surface area contributed by atoms with Gasteiger partial charge >= 0.3 is 0 Å². The topological polar surface area (TPSA) is 75.7 Å². The van der Waals surface area contributed by atoms with E-state index in [-0.39, 0.29) is 30.3 Å². The number of benzene rings is 1. The van der Waals surface area contributed by atoms with Crippen LogP contribution in [-0.4, -0.2) is 48.2 Å². The highest BCUT2D eigenvalue weighted by Crippen LogP contribution is 2.26. The van der Waals surface area contributed by atoms with Crippen LogP contribution in [0.3, 0.4) is 0 Å². The quantitative estimate of drug-likeness (QED) is 0.708. The SMILES string of the molecule is CC(=O)CCc1ccc(OCC(=O)NC2CCN(C(=O)C3CCCCC3)CC2)cc1. The van der Waals surface area contributed by atoms with Crippen LogP contribution < -0.4 is 10.1 Å². The number of carbonyl (C=O) groups excluding carboxylic acids is 3. The molecule has 1 aromatic rings. The lowest BCUT2D eigenvalue weighted by Crippen LogP contribution is -2.49. The van der Waals surface area contributed by atoms with Gasteiger partial charge in [-0.15, -0.1) is 0 Å². The minimum Gasteiger partial charge on any atom is -0.484 e. The van der Waals surface area contributed by atoms with Crippen LogP contribution >= 0.6 is 0 Å². The van der Waals surface area contributed by atoms with Gasteiger partial charge in [-0.05, 0) is 56.7 Å². The lowest BCUT2D eigenvalue weighted by molar-refractivity contribution is -0.137. The molecule has 6 nitrogen and oxygen atoms in total. The van der Waals surface area contributed by atoms with Gasteiger partial charge < -0.3 is 19.7 Å². The predicted molar refractivity (Wildman–Crippen MR) is 115 cm³/mol. The second-order valence-electron chi connectivity index (χ2n) is 8.64. The van der Waals surface area contributed by atoms with Crippen molar-refractivity contribution in [3.63, 3.8) is 0 Å². The van der Waals surface area contributed by atoms with Gasteiger partial charge in [-0.1, -0.05) is 31.4 Å². The van der Waals surface area contributed by atoms with Crippen molar-refractivity contribution in [1.82, 2.24) is 10.2 Å². The van der Waals surface area contributed by atoms with Gasteiger partial charge in [0.25, 0.3) is 5.91 Å². The molecule has 2 aliphatic rings. The fraction of sp³-hybridized carbons (Fsp3) is 0.625. The van der Waals surface area contributed by atoms with Gasteiger partial charge in [-0.3, -0.25) is 9.59 Å². The number of amides is 2. The van der Waals surface area contributed by atoms with Gasteiger partial charge in [0.2, 0.25) is 5.91 Å². The molecule has 1 N–H and O–H groups in total. The molecule has 1 aliphatic heterocycles. The molecule has 30 heavy (non-hydrogen) atoms. The summed E-state index contributed by atoms with van der Waals surface area (Å²) >= 11 is 0. The van der Waals surface area contributed by atoms with Crippen molar-refractivity contribution in [2.75, 3.05) is 19.7 Å². The number of carbonyl (C=O) groups is 3. The average molecular weight is 415 g/mol. The fourth-order valence-electron chi connectivity index (χ4n) is 4.34. The zero-order chi connectivity index (χ0) is 21.3. The minimum atomic E-state index is -0.132. The van der Waals surface area contributed by atoms with Gasteiger partial charge in [0.1, 0.15) is 11.5 Å². The summed E-state index contributed by atoms with van der Waals surface area (Å²) in [7, 11) is 0. The molecule has 0 bridgehead atoms. The largest absolute Gasteiger partial charge is 0.484 e. The first-order valence-electron chi connectivity index (χ1n) is 11.3. The maximum Gasteiger partial charge on any atom is 0.258 e. The number of piperidine rings is 1. The summed E-state index contributed by atoms with van der Waals surface area (Å²) in [5.41, 5.74) is 1.08. The Morgan fingerprint density at radius 2 is 1.67 bits per heavy atom. The molecule has 0 unspecified atom stereocenters. The number of aryl methyl sites for hydroxylation is 1. The van der Waals surface area contributed by atoms with Crippen molar-refractivity contribution in [2.45, 2.75) is 70.8 Å². The lowest BCUT2D eigenvalue weighted by atomic mass is 9.87. The average Bonchev–Trinajstić information content (AvgIpc) is 2.77. The highest BCUT2D eigenvalue weighted by molar-refractivity contribution is 5.79. The third-order valence-electron chi connectivity index (χ3n) is 6.19. The van der Waals surface area contributed by atoms with E-state index in [4.69, 9.17) is 4.74 Å². The number of likely N-dealkylation sites (tertiary alicyclic amines) is 1. The van der Waals surface area contributed by atoms with Gasteiger partial charge in [0, 0.05) is 31.5 Å². The summed E-state index contributed by atoms with van der Waals surface area (Å²) in [6.45, 7) is 3.02. The van der Waals surface area contributed by atoms with E-state index < -0.39 is 0 Å². The van der Waals surface area contributed by atoms with Crippen LogP contribution in [-0.2, 0) is 20.8 Å². The Balaban J connectivity index is 1.34. The van der Waals surface area contributed by atoms with Gasteiger partial charge in [-0.2, -0.15) is 0 Å². The molecule has 164 valence electrons. The lowest BCUT2D eigenvalue weighted by Gasteiger charge is -2.35. The Bertz CT molecular complexity index is 717. The first-order valence-corrected chi connectivity index (χ1v) is 11.3. The highest BCUT2D eigenvalue weighted by Gasteiger charge is 2.29. The van der Waals surface area contributed by atoms with Crippen molar-refractivity contribution in [3.05, 3.63) is 29.8 Å². The Morgan fingerprint density at radius 1 is 1.00 bits per heavy atom. The molecule has 0 radical (unpaired) electrons. The summed E-state index contributed by atoms with van der Waals surface area (Å²) < 4.78 is 5.59. The van der Waals surface area contributed by atoms with E-state index >= 15 is 0 Å². The van der Waals surface area contributed by atoms with Crippen LogP contribution in [0.1, 0.15) is 63.9 Å². The second-order valence-corrected chi connectivity index (χ2v) is 8.64. The van der Waals surface area contributed by atoms with Crippen LogP contribution in [0.25, 0.3) is 0 Å². The molecule has 1 heterocycles. The van der Waals surface area contributed by atoms with Crippen LogP contribution in [0.4, 0.5) is 0 Å². The molecule has 0 spiro atoms. The normalized spacial score (nSPS) is 18.1. The van der Waals surface area contributed by atoms with Crippen LogP contribution in [0, 0.1) is 5.92 Å². The molecule has 0 atom stereocenters. The second kappa shape index (κ2) is 11.1. The van der Waals surface area contributed by atoms with Crippen molar-refractivity contribution < 1.29 is 19.1 Å². The van der Waals surface area contributed by atoms with E-state index in [9.17, 15) is 14.4 Å². The smallest absolute Gasteiger partial charge is 0.258 e. The molecule has 1 aliphatic carbocycles. The minimum absolute atomic E-state index is 0.0198. The first-order chi connectivity index (χ1) is 14.5. The van der Waals surface area contributed by atoms with Gasteiger partial charge in [0.05, 0.1) is 0 Å². The van der Waals surface area contributed by atoms with Crippen molar-refractivity contribution in [1.29, 1.82) is 0 Å². The molecular formula is C24H34N2O4. The zero-order valence-corrected chi connectivity index (χ0v) is 18.0. The maximum atomic E-state index is 12.6. The van der Waals surface area contributed by atoms with Crippen LogP contribution in [0.2, 0.25) is 0 Å². The van der Waals surface area contributed by atoms with Crippen molar-refractivity contribution in [2.24, 2.45) is 5.92 Å². The Morgan fingerprint density at radius 3 is 2.30 bits per heavy atom. The summed E-state index contributed by atoms with van der Waals surface area (Å²) in [5, 5.41) is 3.03. The third kappa shape index (κ3) is 6.85. The summed E-state index contributed by atoms with van der Waals surface area (Å²) in [6.07, 6.45) is 8.52. The number of nitrogens with one attached hydrogen (secondary N) is 1. The van der Waals surface area contributed by atoms with Crippen molar-refractivity contribution >= 4 is 17.6 Å². The number of Topliss-reactive ketones (excluding diaryl/α,β-unsaturated/α-hetero) is 1. The van der Waals surface area contributed by atoms with Gasteiger partial charge in [0.15, 0.2) is 6.61 Å². The summed E-state index contributed by atoms with van der Waals surface area (Å²) in [4.78, 5) is 37.9. The monoisotopic (exact) mass is 414 g/mol. The molecule has 0 aromatic heterocycles. The molecule has 2 fully saturated rings. The van der Waals surface area contributed by atoms with Crippen LogP contribution in [0.5, 0.6) is 5.75 Å². The number of hydrogen-bond donors (Lipinski definition) is 1. The Labute approximate surface area is 179 Å². The standard InChI is InChI=1S/C24H34N2O4/c1-18(27)7-8-19-9-11-22(12-10-19)30-17-23(28)25-21-13-15-26(16-14-21)24(29)20-5-3-2-4-6-20/h9-12,20-21H,2-8,13-17H2,1H3,(H,25,28). The molecular weight excluding hydrogens is 380 g/mol. The van der Waals surface area contributed by atoms with Crippen molar-refractivity contribution in [3.8, 4) is 5.75 Å². The molecule has 6 heteroatoms. The molecule has 1 saturated carbocycles. The van der Waals surface area contributed by atoms with E-state index in [1.165, 1.54) is 19.3 Å². The predicted octanol–water partition coefficient (Wildman–Crippen LogP) is 3.27. The highest BCUT2D eigenvalue weighted by atomic mass is 16.5.